The van der Waals surface area contributed by atoms with Gasteiger partial charge in [-0.1, -0.05) is 13.8 Å². The highest BCUT2D eigenvalue weighted by Crippen LogP contribution is 2.19. The Balaban J connectivity index is 2.32. The minimum absolute atomic E-state index is 0.145. The topological polar surface area (TPSA) is 41.6 Å². The highest BCUT2D eigenvalue weighted by atomic mass is 16.5. The van der Waals surface area contributed by atoms with Crippen LogP contribution >= 0.6 is 0 Å². The summed E-state index contributed by atoms with van der Waals surface area (Å²) in [4.78, 5) is 13.8. The normalized spacial score (nSPS) is 17.5. The number of ether oxygens (including phenoxy) is 1. The summed E-state index contributed by atoms with van der Waals surface area (Å²) in [6.45, 7) is 6.19. The third kappa shape index (κ3) is 6.03. The van der Waals surface area contributed by atoms with Gasteiger partial charge in [0.15, 0.2) is 0 Å². The Labute approximate surface area is 105 Å². The number of nitrogens with one attached hydrogen (secondary N) is 1. The summed E-state index contributed by atoms with van der Waals surface area (Å²) in [5.41, 5.74) is 0. The summed E-state index contributed by atoms with van der Waals surface area (Å²) in [6, 6.07) is 0.349. The van der Waals surface area contributed by atoms with Gasteiger partial charge < -0.3 is 15.0 Å². The highest BCUT2D eigenvalue weighted by molar-refractivity contribution is 5.76. The second kappa shape index (κ2) is 6.97. The fourth-order valence-corrected chi connectivity index (χ4v) is 1.75. The van der Waals surface area contributed by atoms with Gasteiger partial charge in [0.1, 0.15) is 6.04 Å². The van der Waals surface area contributed by atoms with E-state index in [2.05, 4.69) is 31.1 Å². The lowest BCUT2D eigenvalue weighted by Crippen LogP contribution is -2.46. The minimum Gasteiger partial charge on any atom is -0.468 e. The molecule has 100 valence electrons. The molecule has 0 aromatic rings. The van der Waals surface area contributed by atoms with Crippen LogP contribution < -0.4 is 5.32 Å². The second-order valence-electron chi connectivity index (χ2n) is 5.46. The average molecular weight is 242 g/mol. The largest absolute Gasteiger partial charge is 0.468 e. The van der Waals surface area contributed by atoms with E-state index in [0.717, 1.165) is 19.5 Å². The number of carbonyl (C=O) groups is 1. The van der Waals surface area contributed by atoms with E-state index in [1.165, 1.54) is 20.0 Å². The molecule has 1 unspecified atom stereocenters. The monoisotopic (exact) mass is 242 g/mol. The Kier molecular flexibility index (Phi) is 5.92. The molecule has 1 N–H and O–H groups in total. The molecule has 4 nitrogen and oxygen atoms in total. The maximum absolute atomic E-state index is 11.6. The van der Waals surface area contributed by atoms with Crippen LogP contribution in [0, 0.1) is 5.92 Å². The van der Waals surface area contributed by atoms with E-state index < -0.39 is 0 Å². The first-order valence-corrected chi connectivity index (χ1v) is 6.55. The first-order valence-electron chi connectivity index (χ1n) is 6.55. The summed E-state index contributed by atoms with van der Waals surface area (Å²) in [5.74, 6) is 0.554. The third-order valence-electron chi connectivity index (χ3n) is 3.08. The van der Waals surface area contributed by atoms with Crippen LogP contribution in [0.3, 0.4) is 0 Å². The van der Waals surface area contributed by atoms with Crippen molar-refractivity contribution >= 4 is 5.97 Å². The van der Waals surface area contributed by atoms with E-state index in [-0.39, 0.29) is 12.0 Å². The fourth-order valence-electron chi connectivity index (χ4n) is 1.75. The van der Waals surface area contributed by atoms with E-state index in [0.29, 0.717) is 12.0 Å². The van der Waals surface area contributed by atoms with Crippen LogP contribution in [0.25, 0.3) is 0 Å². The van der Waals surface area contributed by atoms with Gasteiger partial charge >= 0.3 is 5.97 Å². The van der Waals surface area contributed by atoms with Crippen LogP contribution in [0.5, 0.6) is 0 Å². The number of nitrogens with zero attached hydrogens (tertiary/aromatic N) is 1. The smallest absolute Gasteiger partial charge is 0.324 e. The average Bonchev–Trinajstić information content (AvgIpc) is 3.08. The Morgan fingerprint density at radius 1 is 1.47 bits per heavy atom. The zero-order chi connectivity index (χ0) is 12.8. The molecule has 1 rings (SSSR count). The van der Waals surface area contributed by atoms with Gasteiger partial charge in [0.25, 0.3) is 0 Å². The molecule has 1 aliphatic rings. The molecule has 1 atom stereocenters. The zero-order valence-corrected chi connectivity index (χ0v) is 11.5. The predicted octanol–water partition coefficient (Wildman–Crippen LogP) is 1.26. The molecule has 0 spiro atoms. The molecular formula is C13H26N2O2. The molecule has 17 heavy (non-hydrogen) atoms. The Hall–Kier alpha value is -0.610. The van der Waals surface area contributed by atoms with E-state index in [1.807, 2.05) is 0 Å². The summed E-state index contributed by atoms with van der Waals surface area (Å²) in [7, 11) is 3.52. The fraction of sp³-hybridized carbons (Fsp3) is 0.923. The lowest BCUT2D eigenvalue weighted by atomic mass is 10.1. The highest BCUT2D eigenvalue weighted by Gasteiger charge is 2.29. The Morgan fingerprint density at radius 2 is 2.12 bits per heavy atom. The first kappa shape index (κ1) is 14.5. The number of likely N-dealkylation sites (N-methyl/N-ethyl adjacent to an activating group) is 1. The molecule has 0 saturated heterocycles. The maximum Gasteiger partial charge on any atom is 0.324 e. The van der Waals surface area contributed by atoms with Gasteiger partial charge in [-0.05, 0) is 38.8 Å². The van der Waals surface area contributed by atoms with E-state index in [9.17, 15) is 4.79 Å². The molecule has 1 saturated carbocycles. The van der Waals surface area contributed by atoms with Crippen LogP contribution in [0.2, 0.25) is 0 Å². The summed E-state index contributed by atoms with van der Waals surface area (Å²) < 4.78 is 4.84. The van der Waals surface area contributed by atoms with Crippen LogP contribution in [-0.2, 0) is 9.53 Å². The quantitative estimate of drug-likeness (QED) is 0.651. The summed E-state index contributed by atoms with van der Waals surface area (Å²) >= 11 is 0. The van der Waals surface area contributed by atoms with Gasteiger partial charge in [-0.15, -0.1) is 0 Å². The molecule has 0 aromatic carbocycles. The Morgan fingerprint density at radius 3 is 2.59 bits per heavy atom. The van der Waals surface area contributed by atoms with Crippen molar-refractivity contribution in [2.24, 2.45) is 5.92 Å². The third-order valence-corrected chi connectivity index (χ3v) is 3.08. The van der Waals surface area contributed by atoms with Crippen molar-refractivity contribution in [2.75, 3.05) is 27.2 Å². The number of carbonyl (C=O) groups excluding carboxylic acids is 1. The minimum atomic E-state index is -0.176. The second-order valence-corrected chi connectivity index (χ2v) is 5.46. The maximum atomic E-state index is 11.6. The number of methoxy groups -OCH3 is 1. The van der Waals surface area contributed by atoms with Crippen molar-refractivity contribution in [3.05, 3.63) is 0 Å². The molecule has 0 heterocycles. The van der Waals surface area contributed by atoms with Gasteiger partial charge in [0.2, 0.25) is 0 Å². The van der Waals surface area contributed by atoms with Gasteiger partial charge in [0.05, 0.1) is 7.11 Å². The number of esters is 1. The van der Waals surface area contributed by atoms with Crippen LogP contribution in [0.15, 0.2) is 0 Å². The van der Waals surface area contributed by atoms with Crippen molar-refractivity contribution in [1.29, 1.82) is 0 Å². The van der Waals surface area contributed by atoms with Crippen LogP contribution in [0.1, 0.15) is 33.1 Å². The lowest BCUT2D eigenvalue weighted by Gasteiger charge is -2.23. The van der Waals surface area contributed by atoms with Gasteiger partial charge in [-0.25, -0.2) is 0 Å². The SMILES string of the molecule is COC(=O)C(CN(C)CCC(C)C)NC1CC1. The number of rotatable bonds is 8. The molecule has 1 aliphatic carbocycles. The van der Waals surface area contributed by atoms with Crippen molar-refractivity contribution in [2.45, 2.75) is 45.2 Å². The molecule has 0 amide bonds. The first-order chi connectivity index (χ1) is 8.02. The van der Waals surface area contributed by atoms with E-state index in [4.69, 9.17) is 4.74 Å². The van der Waals surface area contributed by atoms with Crippen molar-refractivity contribution in [3.8, 4) is 0 Å². The lowest BCUT2D eigenvalue weighted by molar-refractivity contribution is -0.143. The molecule has 1 fully saturated rings. The number of hydrogen-bond donors (Lipinski definition) is 1. The standard InChI is InChI=1S/C13H26N2O2/c1-10(2)7-8-15(3)9-12(13(16)17-4)14-11-5-6-11/h10-12,14H,5-9H2,1-4H3. The number of hydrogen-bond acceptors (Lipinski definition) is 4. The zero-order valence-electron chi connectivity index (χ0n) is 11.5. The van der Waals surface area contributed by atoms with Gasteiger partial charge in [-0.3, -0.25) is 4.79 Å². The van der Waals surface area contributed by atoms with Gasteiger partial charge in [0, 0.05) is 12.6 Å². The van der Waals surface area contributed by atoms with E-state index in [1.54, 1.807) is 0 Å². The van der Waals surface area contributed by atoms with Crippen LogP contribution in [-0.4, -0.2) is 50.2 Å². The molecule has 0 aromatic heterocycles. The summed E-state index contributed by atoms with van der Waals surface area (Å²) in [5, 5.41) is 3.34. The van der Waals surface area contributed by atoms with Gasteiger partial charge in [-0.2, -0.15) is 0 Å². The van der Waals surface area contributed by atoms with E-state index >= 15 is 0 Å². The Bertz CT molecular complexity index is 240. The van der Waals surface area contributed by atoms with Crippen molar-refractivity contribution in [3.63, 3.8) is 0 Å². The molecular weight excluding hydrogens is 216 g/mol. The van der Waals surface area contributed by atoms with Crippen molar-refractivity contribution in [1.82, 2.24) is 10.2 Å². The molecule has 4 heteroatoms. The molecule has 0 aliphatic heterocycles. The predicted molar refractivity (Wildman–Crippen MR) is 68.9 cm³/mol. The van der Waals surface area contributed by atoms with Crippen LogP contribution in [0.4, 0.5) is 0 Å². The molecule has 0 radical (unpaired) electrons. The molecule has 0 bridgehead atoms. The summed E-state index contributed by atoms with van der Waals surface area (Å²) in [6.07, 6.45) is 3.53. The van der Waals surface area contributed by atoms with Crippen molar-refractivity contribution < 1.29 is 9.53 Å².